The molecule has 5 nitrogen and oxygen atoms in total. The van der Waals surface area contributed by atoms with Gasteiger partial charge in [0.25, 0.3) is 0 Å². The fourth-order valence-corrected chi connectivity index (χ4v) is 2.89. The number of benzene rings is 1. The molecule has 0 spiro atoms. The lowest BCUT2D eigenvalue weighted by Crippen LogP contribution is -2.18. The zero-order valence-electron chi connectivity index (χ0n) is 10.6. The van der Waals surface area contributed by atoms with E-state index >= 15 is 0 Å². The number of carbonyl (C=O) groups is 1. The third kappa shape index (κ3) is 5.00. The van der Waals surface area contributed by atoms with Gasteiger partial charge in [-0.3, -0.25) is 9.36 Å². The van der Waals surface area contributed by atoms with Gasteiger partial charge in [-0.05, 0) is 26.0 Å². The summed E-state index contributed by atoms with van der Waals surface area (Å²) in [6.07, 6.45) is -0.274. The minimum Gasteiger partial charge on any atom is -0.326 e. The molecule has 1 aromatic carbocycles. The second-order valence-corrected chi connectivity index (χ2v) is 5.57. The van der Waals surface area contributed by atoms with Gasteiger partial charge in [-0.2, -0.15) is 0 Å². The number of rotatable bonds is 7. The SMILES string of the molecule is CCOP(=O)(CC(=O)Nc1ccccc1)OCC. The number of nitrogens with one attached hydrogen (secondary N) is 1. The highest BCUT2D eigenvalue weighted by molar-refractivity contribution is 7.54. The Balaban J connectivity index is 2.59. The highest BCUT2D eigenvalue weighted by Crippen LogP contribution is 2.47. The molecule has 1 rings (SSSR count). The highest BCUT2D eigenvalue weighted by atomic mass is 31.2. The van der Waals surface area contributed by atoms with E-state index in [0.29, 0.717) is 5.69 Å². The van der Waals surface area contributed by atoms with Crippen LogP contribution >= 0.6 is 7.60 Å². The van der Waals surface area contributed by atoms with Crippen molar-refractivity contribution in [3.63, 3.8) is 0 Å². The van der Waals surface area contributed by atoms with Crippen molar-refractivity contribution in [2.24, 2.45) is 0 Å². The van der Waals surface area contributed by atoms with Crippen LogP contribution in [-0.2, 0) is 18.4 Å². The monoisotopic (exact) mass is 271 g/mol. The van der Waals surface area contributed by atoms with Gasteiger partial charge in [0.15, 0.2) is 0 Å². The van der Waals surface area contributed by atoms with Gasteiger partial charge in [-0.1, -0.05) is 18.2 Å². The normalized spacial score (nSPS) is 11.2. The predicted octanol–water partition coefficient (Wildman–Crippen LogP) is 2.89. The van der Waals surface area contributed by atoms with Gasteiger partial charge in [0, 0.05) is 5.69 Å². The molecule has 0 heterocycles. The van der Waals surface area contributed by atoms with Crippen LogP contribution in [0, 0.1) is 0 Å². The first-order valence-corrected chi connectivity index (χ1v) is 7.55. The molecular formula is C12H18NO4P. The molecule has 0 atom stereocenters. The lowest BCUT2D eigenvalue weighted by molar-refractivity contribution is -0.114. The van der Waals surface area contributed by atoms with E-state index in [1.54, 1.807) is 38.1 Å². The van der Waals surface area contributed by atoms with E-state index in [1.165, 1.54) is 0 Å². The average molecular weight is 271 g/mol. The molecule has 0 radical (unpaired) electrons. The minimum atomic E-state index is -3.32. The molecule has 1 aromatic rings. The molecule has 0 unspecified atom stereocenters. The van der Waals surface area contributed by atoms with Crippen molar-refractivity contribution >= 4 is 19.2 Å². The van der Waals surface area contributed by atoms with E-state index in [1.807, 2.05) is 6.07 Å². The minimum absolute atomic E-state index is 0.246. The molecule has 18 heavy (non-hydrogen) atoms. The molecule has 0 aliphatic heterocycles. The summed E-state index contributed by atoms with van der Waals surface area (Å²) in [5, 5.41) is 2.64. The van der Waals surface area contributed by atoms with Gasteiger partial charge in [-0.25, -0.2) is 0 Å². The van der Waals surface area contributed by atoms with Gasteiger partial charge >= 0.3 is 7.60 Å². The molecule has 0 saturated carbocycles. The number of amides is 1. The first kappa shape index (κ1) is 14.9. The maximum absolute atomic E-state index is 12.1. The number of anilines is 1. The maximum atomic E-state index is 12.1. The highest BCUT2D eigenvalue weighted by Gasteiger charge is 2.27. The molecule has 6 heteroatoms. The Bertz CT molecular complexity index is 411. The summed E-state index contributed by atoms with van der Waals surface area (Å²) in [5.41, 5.74) is 0.655. The summed E-state index contributed by atoms with van der Waals surface area (Å²) in [6, 6.07) is 8.97. The Morgan fingerprint density at radius 1 is 1.17 bits per heavy atom. The number of para-hydroxylation sites is 1. The van der Waals surface area contributed by atoms with Crippen molar-refractivity contribution in [2.75, 3.05) is 24.7 Å². The predicted molar refractivity (Wildman–Crippen MR) is 70.8 cm³/mol. The molecule has 100 valence electrons. The van der Waals surface area contributed by atoms with Crippen molar-refractivity contribution in [3.8, 4) is 0 Å². The molecule has 1 N–H and O–H groups in total. The number of carbonyl (C=O) groups excluding carboxylic acids is 1. The summed E-state index contributed by atoms with van der Waals surface area (Å²) < 4.78 is 22.2. The Labute approximate surface area is 107 Å². The Morgan fingerprint density at radius 3 is 2.22 bits per heavy atom. The lowest BCUT2D eigenvalue weighted by Gasteiger charge is -2.16. The van der Waals surface area contributed by atoms with Crippen molar-refractivity contribution in [1.29, 1.82) is 0 Å². The van der Waals surface area contributed by atoms with E-state index in [0.717, 1.165) is 0 Å². The van der Waals surface area contributed by atoms with Crippen LogP contribution in [0.4, 0.5) is 5.69 Å². The van der Waals surface area contributed by atoms with Gasteiger partial charge in [0.2, 0.25) is 5.91 Å². The smallest absolute Gasteiger partial charge is 0.326 e. The van der Waals surface area contributed by atoms with E-state index in [-0.39, 0.29) is 25.3 Å². The fourth-order valence-electron chi connectivity index (χ4n) is 1.42. The zero-order chi connectivity index (χ0) is 13.4. The summed E-state index contributed by atoms with van der Waals surface area (Å²) in [6.45, 7) is 3.91. The molecule has 0 aromatic heterocycles. The van der Waals surface area contributed by atoms with Crippen LogP contribution in [0.2, 0.25) is 0 Å². The second-order valence-electron chi connectivity index (χ2n) is 3.52. The van der Waals surface area contributed by atoms with Crippen LogP contribution in [0.5, 0.6) is 0 Å². The molecule has 0 bridgehead atoms. The van der Waals surface area contributed by atoms with Gasteiger partial charge in [0.1, 0.15) is 6.16 Å². The van der Waals surface area contributed by atoms with E-state index in [9.17, 15) is 9.36 Å². The molecule has 0 fully saturated rings. The van der Waals surface area contributed by atoms with Crippen LogP contribution in [0.3, 0.4) is 0 Å². The largest absolute Gasteiger partial charge is 0.340 e. The number of hydrogen-bond acceptors (Lipinski definition) is 4. The molecule has 1 amide bonds. The topological polar surface area (TPSA) is 64.6 Å². The van der Waals surface area contributed by atoms with E-state index in [4.69, 9.17) is 9.05 Å². The van der Waals surface area contributed by atoms with E-state index in [2.05, 4.69) is 5.32 Å². The molecule has 0 saturated heterocycles. The van der Waals surface area contributed by atoms with Crippen LogP contribution < -0.4 is 5.32 Å². The Hall–Kier alpha value is -1.16. The quantitative estimate of drug-likeness (QED) is 0.774. The van der Waals surface area contributed by atoms with Gasteiger partial charge in [0.05, 0.1) is 13.2 Å². The Morgan fingerprint density at radius 2 is 1.72 bits per heavy atom. The third-order valence-electron chi connectivity index (χ3n) is 2.05. The first-order chi connectivity index (χ1) is 8.59. The Kier molecular flexibility index (Phi) is 6.05. The van der Waals surface area contributed by atoms with Crippen LogP contribution in [-0.4, -0.2) is 25.3 Å². The lowest BCUT2D eigenvalue weighted by atomic mass is 10.3. The van der Waals surface area contributed by atoms with Crippen molar-refractivity contribution < 1.29 is 18.4 Å². The molecule has 0 aliphatic rings. The summed E-state index contributed by atoms with van der Waals surface area (Å²) >= 11 is 0. The van der Waals surface area contributed by atoms with E-state index < -0.39 is 7.60 Å². The standard InChI is InChI=1S/C12H18NO4P/c1-3-16-18(15,17-4-2)10-12(14)13-11-8-6-5-7-9-11/h5-9H,3-4,10H2,1-2H3,(H,13,14). The van der Waals surface area contributed by atoms with Crippen LogP contribution in [0.25, 0.3) is 0 Å². The summed E-state index contributed by atoms with van der Waals surface area (Å²) in [7, 11) is -3.32. The third-order valence-corrected chi connectivity index (χ3v) is 4.02. The van der Waals surface area contributed by atoms with Crippen molar-refractivity contribution in [3.05, 3.63) is 30.3 Å². The van der Waals surface area contributed by atoms with Crippen molar-refractivity contribution in [1.82, 2.24) is 0 Å². The molecular weight excluding hydrogens is 253 g/mol. The average Bonchev–Trinajstić information content (AvgIpc) is 2.30. The number of hydrogen-bond donors (Lipinski definition) is 1. The molecule has 0 aliphatic carbocycles. The van der Waals surface area contributed by atoms with Gasteiger partial charge in [-0.15, -0.1) is 0 Å². The fraction of sp³-hybridized carbons (Fsp3) is 0.417. The van der Waals surface area contributed by atoms with Crippen LogP contribution in [0.15, 0.2) is 30.3 Å². The maximum Gasteiger partial charge on any atom is 0.340 e. The zero-order valence-corrected chi connectivity index (χ0v) is 11.5. The first-order valence-electron chi connectivity index (χ1n) is 5.82. The summed E-state index contributed by atoms with van der Waals surface area (Å²) in [4.78, 5) is 11.7. The van der Waals surface area contributed by atoms with Crippen molar-refractivity contribution in [2.45, 2.75) is 13.8 Å². The van der Waals surface area contributed by atoms with Crippen LogP contribution in [0.1, 0.15) is 13.8 Å². The second kappa shape index (κ2) is 7.31. The van der Waals surface area contributed by atoms with Gasteiger partial charge < -0.3 is 14.4 Å². The summed E-state index contributed by atoms with van der Waals surface area (Å²) in [5.74, 6) is -0.383.